The van der Waals surface area contributed by atoms with E-state index in [1.807, 2.05) is 13.8 Å². The predicted octanol–water partition coefficient (Wildman–Crippen LogP) is 1.33. The lowest BCUT2D eigenvalue weighted by Crippen LogP contribution is -2.40. The molecule has 0 aliphatic heterocycles. The van der Waals surface area contributed by atoms with Gasteiger partial charge in [0.15, 0.2) is 0 Å². The summed E-state index contributed by atoms with van der Waals surface area (Å²) in [6, 6.07) is 3.00. The fourth-order valence-electron chi connectivity index (χ4n) is 1.49. The van der Waals surface area contributed by atoms with Crippen molar-refractivity contribution in [1.82, 2.24) is 15.2 Å². The first-order chi connectivity index (χ1) is 8.58. The molecule has 0 bridgehead atoms. The molecule has 98 valence electrons. The fraction of sp³-hybridized carbons (Fsp3) is 0.417. The van der Waals surface area contributed by atoms with Crippen LogP contribution in [0.25, 0.3) is 0 Å². The highest BCUT2D eigenvalue weighted by molar-refractivity contribution is 6.29. The lowest BCUT2D eigenvalue weighted by molar-refractivity contribution is -0.129. The van der Waals surface area contributed by atoms with Crippen molar-refractivity contribution in [1.29, 1.82) is 0 Å². The normalized spacial score (nSPS) is 9.94. The monoisotopic (exact) mass is 269 g/mol. The van der Waals surface area contributed by atoms with E-state index >= 15 is 0 Å². The molecule has 1 heterocycles. The molecule has 0 atom stereocenters. The quantitative estimate of drug-likeness (QED) is 0.821. The lowest BCUT2D eigenvalue weighted by atomic mass is 10.2. The first-order valence-corrected chi connectivity index (χ1v) is 6.13. The molecule has 0 fully saturated rings. The summed E-state index contributed by atoms with van der Waals surface area (Å²) in [5.41, 5.74) is 0.391. The van der Waals surface area contributed by atoms with Gasteiger partial charge >= 0.3 is 0 Å². The molecule has 0 radical (unpaired) electrons. The van der Waals surface area contributed by atoms with E-state index in [0.717, 1.165) is 0 Å². The summed E-state index contributed by atoms with van der Waals surface area (Å²) >= 11 is 5.68. The maximum absolute atomic E-state index is 11.7. The highest BCUT2D eigenvalue weighted by atomic mass is 35.5. The molecule has 0 unspecified atom stereocenters. The van der Waals surface area contributed by atoms with Crippen molar-refractivity contribution in [3.05, 3.63) is 29.0 Å². The Labute approximate surface area is 111 Å². The smallest absolute Gasteiger partial charge is 0.251 e. The number of likely N-dealkylation sites (N-methyl/N-ethyl adjacent to an activating group) is 1. The van der Waals surface area contributed by atoms with Crippen LogP contribution in [0.4, 0.5) is 0 Å². The van der Waals surface area contributed by atoms with Crippen molar-refractivity contribution in [3.8, 4) is 0 Å². The largest absolute Gasteiger partial charge is 0.343 e. The van der Waals surface area contributed by atoms with Gasteiger partial charge in [0.1, 0.15) is 5.15 Å². The van der Waals surface area contributed by atoms with Crippen molar-refractivity contribution >= 4 is 23.4 Å². The zero-order valence-corrected chi connectivity index (χ0v) is 11.2. The van der Waals surface area contributed by atoms with E-state index in [4.69, 9.17) is 11.6 Å². The standard InChI is InChI=1S/C12H16ClN3O2/c1-3-16(4-2)11(17)8-15-12(18)9-5-6-14-10(13)7-9/h5-7H,3-4,8H2,1-2H3,(H,15,18). The average Bonchev–Trinajstić information content (AvgIpc) is 2.37. The van der Waals surface area contributed by atoms with Crippen LogP contribution in [0.5, 0.6) is 0 Å². The number of nitrogens with one attached hydrogen (secondary N) is 1. The van der Waals surface area contributed by atoms with Gasteiger partial charge in [0.05, 0.1) is 6.54 Å². The van der Waals surface area contributed by atoms with Gasteiger partial charge in [-0.1, -0.05) is 11.6 Å². The fourth-order valence-corrected chi connectivity index (χ4v) is 1.66. The molecule has 0 spiro atoms. The first kappa shape index (κ1) is 14.4. The van der Waals surface area contributed by atoms with Crippen LogP contribution >= 0.6 is 11.6 Å². The molecule has 1 N–H and O–H groups in total. The third-order valence-corrected chi connectivity index (χ3v) is 2.71. The third-order valence-electron chi connectivity index (χ3n) is 2.51. The van der Waals surface area contributed by atoms with Gasteiger partial charge in [-0.15, -0.1) is 0 Å². The van der Waals surface area contributed by atoms with Gasteiger partial charge < -0.3 is 10.2 Å². The van der Waals surface area contributed by atoms with Gasteiger partial charge in [-0.3, -0.25) is 9.59 Å². The molecule has 0 aliphatic rings. The third kappa shape index (κ3) is 4.00. The number of rotatable bonds is 5. The van der Waals surface area contributed by atoms with Crippen LogP contribution in [0, 0.1) is 0 Å². The molecule has 18 heavy (non-hydrogen) atoms. The second-order valence-corrected chi connectivity index (χ2v) is 4.00. The zero-order chi connectivity index (χ0) is 13.5. The van der Waals surface area contributed by atoms with Crippen molar-refractivity contribution in [2.45, 2.75) is 13.8 Å². The summed E-state index contributed by atoms with van der Waals surface area (Å²) in [6.45, 7) is 5.04. The van der Waals surface area contributed by atoms with Crippen LogP contribution in [0.1, 0.15) is 24.2 Å². The predicted molar refractivity (Wildman–Crippen MR) is 69.5 cm³/mol. The molecule has 5 nitrogen and oxygen atoms in total. The Kier molecular flexibility index (Phi) is 5.58. The molecule has 0 aliphatic carbocycles. The van der Waals surface area contributed by atoms with E-state index in [9.17, 15) is 9.59 Å². The minimum Gasteiger partial charge on any atom is -0.343 e. The Bertz CT molecular complexity index is 433. The molecular formula is C12H16ClN3O2. The number of halogens is 1. The molecule has 6 heteroatoms. The molecule has 0 saturated heterocycles. The number of nitrogens with zero attached hydrogens (tertiary/aromatic N) is 2. The Hall–Kier alpha value is -1.62. The van der Waals surface area contributed by atoms with Gasteiger partial charge in [0.2, 0.25) is 5.91 Å². The van der Waals surface area contributed by atoms with Gasteiger partial charge in [0.25, 0.3) is 5.91 Å². The summed E-state index contributed by atoms with van der Waals surface area (Å²) in [4.78, 5) is 28.8. The Morgan fingerprint density at radius 1 is 1.39 bits per heavy atom. The number of amides is 2. The Morgan fingerprint density at radius 3 is 2.61 bits per heavy atom. The summed E-state index contributed by atoms with van der Waals surface area (Å²) in [6.07, 6.45) is 1.45. The lowest BCUT2D eigenvalue weighted by Gasteiger charge is -2.18. The van der Waals surface area contributed by atoms with E-state index < -0.39 is 0 Å². The molecule has 1 aromatic rings. The Morgan fingerprint density at radius 2 is 2.06 bits per heavy atom. The summed E-state index contributed by atoms with van der Waals surface area (Å²) < 4.78 is 0. The molecular weight excluding hydrogens is 254 g/mol. The summed E-state index contributed by atoms with van der Waals surface area (Å²) in [5, 5.41) is 2.81. The van der Waals surface area contributed by atoms with Crippen molar-refractivity contribution in [3.63, 3.8) is 0 Å². The van der Waals surface area contributed by atoms with Crippen molar-refractivity contribution in [2.24, 2.45) is 0 Å². The second-order valence-electron chi connectivity index (χ2n) is 3.62. The molecule has 1 rings (SSSR count). The van der Waals surface area contributed by atoms with Gasteiger partial charge in [0, 0.05) is 24.8 Å². The minimum atomic E-state index is -0.334. The van der Waals surface area contributed by atoms with E-state index in [2.05, 4.69) is 10.3 Å². The highest BCUT2D eigenvalue weighted by Crippen LogP contribution is 2.06. The van der Waals surface area contributed by atoms with E-state index in [0.29, 0.717) is 18.7 Å². The number of carbonyl (C=O) groups excluding carboxylic acids is 2. The first-order valence-electron chi connectivity index (χ1n) is 5.76. The van der Waals surface area contributed by atoms with Crippen LogP contribution in [-0.4, -0.2) is 41.3 Å². The highest BCUT2D eigenvalue weighted by Gasteiger charge is 2.12. The number of pyridine rings is 1. The van der Waals surface area contributed by atoms with Gasteiger partial charge in [-0.05, 0) is 26.0 Å². The maximum Gasteiger partial charge on any atom is 0.251 e. The van der Waals surface area contributed by atoms with Crippen LogP contribution in [0.3, 0.4) is 0 Å². The van der Waals surface area contributed by atoms with E-state index in [-0.39, 0.29) is 23.5 Å². The van der Waals surface area contributed by atoms with Crippen LogP contribution in [0.15, 0.2) is 18.3 Å². The SMILES string of the molecule is CCN(CC)C(=O)CNC(=O)c1ccnc(Cl)c1. The summed E-state index contributed by atoms with van der Waals surface area (Å²) in [7, 11) is 0. The number of aromatic nitrogens is 1. The number of carbonyl (C=O) groups is 2. The van der Waals surface area contributed by atoms with Gasteiger partial charge in [-0.2, -0.15) is 0 Å². The van der Waals surface area contributed by atoms with Crippen LogP contribution < -0.4 is 5.32 Å². The molecule has 0 aromatic carbocycles. The summed E-state index contributed by atoms with van der Waals surface area (Å²) in [5.74, 6) is -0.437. The van der Waals surface area contributed by atoms with Crippen LogP contribution in [-0.2, 0) is 4.79 Å². The molecule has 0 saturated carbocycles. The molecule has 2 amide bonds. The average molecular weight is 270 g/mol. The Balaban J connectivity index is 2.54. The van der Waals surface area contributed by atoms with E-state index in [1.54, 1.807) is 11.0 Å². The maximum atomic E-state index is 11.7. The minimum absolute atomic E-state index is 0.0134. The number of hydrogen-bond acceptors (Lipinski definition) is 3. The van der Waals surface area contributed by atoms with Crippen molar-refractivity contribution < 1.29 is 9.59 Å². The zero-order valence-electron chi connectivity index (χ0n) is 10.4. The molecule has 1 aromatic heterocycles. The van der Waals surface area contributed by atoms with E-state index in [1.165, 1.54) is 12.3 Å². The second kappa shape index (κ2) is 6.96. The number of hydrogen-bond donors (Lipinski definition) is 1. The van der Waals surface area contributed by atoms with Crippen molar-refractivity contribution in [2.75, 3.05) is 19.6 Å². The van der Waals surface area contributed by atoms with Crippen LogP contribution in [0.2, 0.25) is 5.15 Å². The topological polar surface area (TPSA) is 62.3 Å². The van der Waals surface area contributed by atoms with Gasteiger partial charge in [-0.25, -0.2) is 4.98 Å².